The van der Waals surface area contributed by atoms with E-state index in [-0.39, 0.29) is 33.8 Å². The molecule has 0 aliphatic carbocycles. The summed E-state index contributed by atoms with van der Waals surface area (Å²) >= 11 is 8.74. The number of carbonyl (C=O) groups is 1. The summed E-state index contributed by atoms with van der Waals surface area (Å²) in [4.78, 5) is 14.9. The fourth-order valence-corrected chi connectivity index (χ4v) is 1.87. The van der Waals surface area contributed by atoms with Crippen LogP contribution in [0.4, 0.5) is 8.78 Å². The van der Waals surface area contributed by atoms with Crippen molar-refractivity contribution < 1.29 is 18.3 Å². The van der Waals surface area contributed by atoms with Crippen molar-refractivity contribution in [2.75, 3.05) is 6.61 Å². The smallest absolute Gasteiger partial charge is 0.310 e. The summed E-state index contributed by atoms with van der Waals surface area (Å²) in [5.74, 6) is -0.586. The van der Waals surface area contributed by atoms with E-state index < -0.39 is 12.4 Å². The molecule has 1 heterocycles. The van der Waals surface area contributed by atoms with Gasteiger partial charge in [0.15, 0.2) is 0 Å². The third-order valence-electron chi connectivity index (χ3n) is 1.97. The maximum absolute atomic E-state index is 12.7. The summed E-state index contributed by atoms with van der Waals surface area (Å²) in [6.45, 7) is 1.83. The molecule has 94 valence electrons. The molecular weight excluding hydrogens is 319 g/mol. The molecule has 0 unspecified atom stereocenters. The molecule has 0 fully saturated rings. The van der Waals surface area contributed by atoms with Gasteiger partial charge in [-0.3, -0.25) is 4.79 Å². The molecule has 17 heavy (non-hydrogen) atoms. The van der Waals surface area contributed by atoms with Gasteiger partial charge in [0.25, 0.3) is 6.43 Å². The molecule has 1 rings (SSSR count). The minimum Gasteiger partial charge on any atom is -0.466 e. The molecule has 0 saturated carbocycles. The van der Waals surface area contributed by atoms with Gasteiger partial charge in [-0.2, -0.15) is 0 Å². The Morgan fingerprint density at radius 2 is 2.29 bits per heavy atom. The van der Waals surface area contributed by atoms with Crippen LogP contribution in [0.5, 0.6) is 0 Å². The summed E-state index contributed by atoms with van der Waals surface area (Å²) < 4.78 is 30.3. The summed E-state index contributed by atoms with van der Waals surface area (Å²) in [6.07, 6.45) is -2.02. The van der Waals surface area contributed by atoms with Crippen LogP contribution in [-0.2, 0) is 16.0 Å². The van der Waals surface area contributed by atoms with E-state index >= 15 is 0 Å². The molecule has 1 aromatic rings. The van der Waals surface area contributed by atoms with Crippen LogP contribution in [0.1, 0.15) is 24.5 Å². The van der Waals surface area contributed by atoms with Crippen molar-refractivity contribution >= 4 is 33.5 Å². The van der Waals surface area contributed by atoms with Gasteiger partial charge in [-0.1, -0.05) is 11.6 Å². The Bertz CT molecular complexity index is 429. The van der Waals surface area contributed by atoms with Crippen LogP contribution in [-0.4, -0.2) is 17.6 Å². The highest BCUT2D eigenvalue weighted by Gasteiger charge is 2.21. The number of nitrogens with zero attached hydrogens (tertiary/aromatic N) is 1. The van der Waals surface area contributed by atoms with Crippen LogP contribution in [0.15, 0.2) is 10.7 Å². The van der Waals surface area contributed by atoms with Gasteiger partial charge in [0, 0.05) is 11.8 Å². The number of pyridine rings is 1. The van der Waals surface area contributed by atoms with Crippen molar-refractivity contribution in [3.05, 3.63) is 26.9 Å². The van der Waals surface area contributed by atoms with E-state index in [0.717, 1.165) is 6.20 Å². The third-order valence-corrected chi connectivity index (χ3v) is 3.34. The Morgan fingerprint density at radius 3 is 2.82 bits per heavy atom. The number of hydrogen-bond donors (Lipinski definition) is 0. The molecule has 0 saturated heterocycles. The predicted molar refractivity (Wildman–Crippen MR) is 62.2 cm³/mol. The van der Waals surface area contributed by atoms with Crippen molar-refractivity contribution in [2.24, 2.45) is 0 Å². The highest BCUT2D eigenvalue weighted by molar-refractivity contribution is 9.10. The molecule has 0 bridgehead atoms. The van der Waals surface area contributed by atoms with Gasteiger partial charge in [-0.15, -0.1) is 0 Å². The number of halogens is 4. The average Bonchev–Trinajstić information content (AvgIpc) is 2.25. The van der Waals surface area contributed by atoms with Crippen LogP contribution in [0.2, 0.25) is 5.15 Å². The SMILES string of the molecule is CCOC(=O)Cc1c(C(F)F)cnc(Cl)c1Br. The molecule has 0 amide bonds. The third kappa shape index (κ3) is 3.61. The normalized spacial score (nSPS) is 10.7. The largest absolute Gasteiger partial charge is 0.466 e. The molecule has 1 aromatic heterocycles. The molecule has 7 heteroatoms. The Kier molecular flexibility index (Phi) is 5.27. The van der Waals surface area contributed by atoms with Crippen molar-refractivity contribution in [2.45, 2.75) is 19.8 Å². The molecule has 0 spiro atoms. The van der Waals surface area contributed by atoms with Crippen molar-refractivity contribution in [1.29, 1.82) is 0 Å². The Balaban J connectivity index is 3.10. The first kappa shape index (κ1) is 14.3. The van der Waals surface area contributed by atoms with Gasteiger partial charge >= 0.3 is 5.97 Å². The maximum Gasteiger partial charge on any atom is 0.310 e. The molecule has 0 aromatic carbocycles. The summed E-state index contributed by atoms with van der Waals surface area (Å²) in [5.41, 5.74) is -0.215. The first-order valence-corrected chi connectivity index (χ1v) is 5.91. The van der Waals surface area contributed by atoms with E-state index in [0.29, 0.717) is 0 Å². The van der Waals surface area contributed by atoms with Crippen LogP contribution >= 0.6 is 27.5 Å². The zero-order valence-electron chi connectivity index (χ0n) is 8.84. The van der Waals surface area contributed by atoms with Crippen molar-refractivity contribution in [1.82, 2.24) is 4.98 Å². The second-order valence-electron chi connectivity index (χ2n) is 3.08. The lowest BCUT2D eigenvalue weighted by Crippen LogP contribution is -2.10. The number of esters is 1. The van der Waals surface area contributed by atoms with Gasteiger partial charge in [0.05, 0.1) is 17.5 Å². The second-order valence-corrected chi connectivity index (χ2v) is 4.23. The summed E-state index contributed by atoms with van der Waals surface area (Å²) in [6, 6.07) is 0. The fraction of sp³-hybridized carbons (Fsp3) is 0.400. The van der Waals surface area contributed by atoms with Crippen LogP contribution in [0.25, 0.3) is 0 Å². The van der Waals surface area contributed by atoms with E-state index in [1.165, 1.54) is 0 Å². The quantitative estimate of drug-likeness (QED) is 0.627. The highest BCUT2D eigenvalue weighted by Crippen LogP contribution is 2.32. The van der Waals surface area contributed by atoms with E-state index in [9.17, 15) is 13.6 Å². The van der Waals surface area contributed by atoms with Crippen LogP contribution in [0, 0.1) is 0 Å². The van der Waals surface area contributed by atoms with E-state index in [4.69, 9.17) is 16.3 Å². The minimum atomic E-state index is -2.72. The number of hydrogen-bond acceptors (Lipinski definition) is 3. The Hall–Kier alpha value is -0.750. The van der Waals surface area contributed by atoms with Crippen LogP contribution in [0.3, 0.4) is 0 Å². The zero-order chi connectivity index (χ0) is 13.0. The second kappa shape index (κ2) is 6.26. The standard InChI is InChI=1S/C10H9BrClF2NO2/c1-2-17-7(16)3-5-6(10(13)14)4-15-9(12)8(5)11/h4,10H,2-3H2,1H3. The lowest BCUT2D eigenvalue weighted by molar-refractivity contribution is -0.142. The topological polar surface area (TPSA) is 39.2 Å². The number of alkyl halides is 2. The Morgan fingerprint density at radius 1 is 1.65 bits per heavy atom. The molecule has 0 radical (unpaired) electrons. The van der Waals surface area contributed by atoms with E-state index in [1.807, 2.05) is 0 Å². The molecule has 0 aliphatic rings. The molecular formula is C10H9BrClF2NO2. The van der Waals surface area contributed by atoms with Crippen molar-refractivity contribution in [3.63, 3.8) is 0 Å². The van der Waals surface area contributed by atoms with Crippen molar-refractivity contribution in [3.8, 4) is 0 Å². The van der Waals surface area contributed by atoms with Gasteiger partial charge < -0.3 is 4.74 Å². The number of ether oxygens (including phenoxy) is 1. The highest BCUT2D eigenvalue weighted by atomic mass is 79.9. The Labute approximate surface area is 110 Å². The molecule has 0 aliphatic heterocycles. The minimum absolute atomic E-state index is 0.0358. The van der Waals surface area contributed by atoms with Gasteiger partial charge in [-0.05, 0) is 28.4 Å². The van der Waals surface area contributed by atoms with Gasteiger partial charge in [0.1, 0.15) is 5.15 Å². The monoisotopic (exact) mass is 327 g/mol. The lowest BCUT2D eigenvalue weighted by atomic mass is 10.1. The average molecular weight is 329 g/mol. The number of rotatable bonds is 4. The first-order valence-electron chi connectivity index (χ1n) is 4.73. The summed E-state index contributed by atoms with van der Waals surface area (Å²) in [7, 11) is 0. The number of carbonyl (C=O) groups excluding carboxylic acids is 1. The van der Waals surface area contributed by atoms with Crippen LogP contribution < -0.4 is 0 Å². The molecule has 0 atom stereocenters. The number of aromatic nitrogens is 1. The first-order chi connectivity index (χ1) is 7.97. The predicted octanol–water partition coefficient (Wildman–Crippen LogP) is 3.54. The lowest BCUT2D eigenvalue weighted by Gasteiger charge is -2.11. The summed E-state index contributed by atoms with van der Waals surface area (Å²) in [5, 5.41) is 0.0358. The molecule has 0 N–H and O–H groups in total. The zero-order valence-corrected chi connectivity index (χ0v) is 11.2. The van der Waals surface area contributed by atoms with Gasteiger partial charge in [-0.25, -0.2) is 13.8 Å². The van der Waals surface area contributed by atoms with Gasteiger partial charge in [0.2, 0.25) is 0 Å². The molecule has 3 nitrogen and oxygen atoms in total. The van der Waals surface area contributed by atoms with E-state index in [1.54, 1.807) is 6.92 Å². The van der Waals surface area contributed by atoms with E-state index in [2.05, 4.69) is 20.9 Å². The maximum atomic E-state index is 12.7. The fourth-order valence-electron chi connectivity index (χ4n) is 1.24.